The Bertz CT molecular complexity index is 149. The first-order valence-corrected chi connectivity index (χ1v) is 6.09. The summed E-state index contributed by atoms with van der Waals surface area (Å²) in [5, 5.41) is 0. The molecule has 0 aliphatic rings. The molecule has 0 heterocycles. The molecule has 0 rings (SSSR count). The fourth-order valence-corrected chi connectivity index (χ4v) is 2.08. The molecule has 0 aliphatic carbocycles. The third-order valence-electron chi connectivity index (χ3n) is 1.68. The van der Waals surface area contributed by atoms with Gasteiger partial charge in [-0.15, -0.1) is 12.3 Å². The van der Waals surface area contributed by atoms with Gasteiger partial charge in [-0.2, -0.15) is 11.8 Å². The Kier molecular flexibility index (Phi) is 8.38. The van der Waals surface area contributed by atoms with Gasteiger partial charge in [-0.05, 0) is 24.5 Å². The van der Waals surface area contributed by atoms with Gasteiger partial charge >= 0.3 is 0 Å². The fourth-order valence-electron chi connectivity index (χ4n) is 1.00. The lowest BCUT2D eigenvalue weighted by molar-refractivity contribution is 0.640. The molecule has 1 unspecified atom stereocenters. The van der Waals surface area contributed by atoms with E-state index in [1.165, 1.54) is 5.75 Å². The molecule has 0 saturated carbocycles. The first-order valence-electron chi connectivity index (χ1n) is 4.93. The van der Waals surface area contributed by atoms with Gasteiger partial charge in [0.25, 0.3) is 0 Å². The van der Waals surface area contributed by atoms with Crippen molar-refractivity contribution in [3.05, 3.63) is 0 Å². The molecule has 0 amide bonds. The number of nitrogens with two attached hydrogens (primary N) is 1. The van der Waals surface area contributed by atoms with Crippen LogP contribution in [0.1, 0.15) is 33.1 Å². The van der Waals surface area contributed by atoms with E-state index in [-0.39, 0.29) is 0 Å². The summed E-state index contributed by atoms with van der Waals surface area (Å²) < 4.78 is 0. The Hall–Kier alpha value is -0.130. The summed E-state index contributed by atoms with van der Waals surface area (Å²) in [5.41, 5.74) is 5.91. The second-order valence-corrected chi connectivity index (χ2v) is 4.86. The largest absolute Gasteiger partial charge is 0.327 e. The van der Waals surface area contributed by atoms with Crippen LogP contribution < -0.4 is 5.73 Å². The number of unbranched alkanes of at least 4 members (excludes halogenated alkanes) is 1. The topological polar surface area (TPSA) is 26.0 Å². The van der Waals surface area contributed by atoms with E-state index in [1.807, 2.05) is 11.8 Å². The third kappa shape index (κ3) is 9.79. The highest BCUT2D eigenvalue weighted by atomic mass is 32.2. The summed E-state index contributed by atoms with van der Waals surface area (Å²) >= 11 is 1.95. The van der Waals surface area contributed by atoms with Crippen LogP contribution in [0.2, 0.25) is 0 Å². The summed E-state index contributed by atoms with van der Waals surface area (Å²) in [6, 6.07) is 0.331. The van der Waals surface area contributed by atoms with Crippen molar-refractivity contribution in [1.29, 1.82) is 0 Å². The quantitative estimate of drug-likeness (QED) is 0.503. The summed E-state index contributed by atoms with van der Waals surface area (Å²) in [7, 11) is 0. The molecule has 0 aromatic rings. The minimum absolute atomic E-state index is 0.331. The van der Waals surface area contributed by atoms with Gasteiger partial charge in [0.2, 0.25) is 0 Å². The maximum Gasteiger partial charge on any atom is 0.0130 e. The molecule has 0 aromatic carbocycles. The summed E-state index contributed by atoms with van der Waals surface area (Å²) in [5.74, 6) is 5.68. The van der Waals surface area contributed by atoms with Crippen molar-refractivity contribution in [2.24, 2.45) is 11.7 Å². The van der Waals surface area contributed by atoms with Gasteiger partial charge in [0.1, 0.15) is 0 Å². The van der Waals surface area contributed by atoms with Crippen LogP contribution in [0.5, 0.6) is 0 Å². The zero-order valence-electron chi connectivity index (χ0n) is 8.75. The number of hydrogen-bond acceptors (Lipinski definition) is 2. The number of rotatable bonds is 7. The van der Waals surface area contributed by atoms with Gasteiger partial charge in [0.05, 0.1) is 0 Å². The Labute approximate surface area is 86.9 Å². The van der Waals surface area contributed by atoms with Crippen LogP contribution in [-0.4, -0.2) is 17.5 Å². The van der Waals surface area contributed by atoms with Gasteiger partial charge in [-0.3, -0.25) is 0 Å². The molecular weight excluding hydrogens is 178 g/mol. The summed E-state index contributed by atoms with van der Waals surface area (Å²) in [6.45, 7) is 4.47. The molecule has 0 radical (unpaired) electrons. The molecule has 2 N–H and O–H groups in total. The summed E-state index contributed by atoms with van der Waals surface area (Å²) in [6.07, 6.45) is 8.16. The number of hydrogen-bond donors (Lipinski definition) is 1. The average Bonchev–Trinajstić information content (AvgIpc) is 2.04. The van der Waals surface area contributed by atoms with E-state index >= 15 is 0 Å². The third-order valence-corrected chi connectivity index (χ3v) is 3.25. The van der Waals surface area contributed by atoms with E-state index in [4.69, 9.17) is 12.2 Å². The lowest BCUT2D eigenvalue weighted by Crippen LogP contribution is -2.23. The highest BCUT2D eigenvalue weighted by Gasteiger charge is 2.02. The molecule has 1 atom stereocenters. The fraction of sp³-hybridized carbons (Fsp3) is 0.818. The monoisotopic (exact) mass is 199 g/mol. The zero-order chi connectivity index (χ0) is 10.1. The highest BCUT2D eigenvalue weighted by molar-refractivity contribution is 7.99. The molecule has 0 aliphatic heterocycles. The van der Waals surface area contributed by atoms with E-state index < -0.39 is 0 Å². The molecule has 1 nitrogen and oxygen atoms in total. The summed E-state index contributed by atoms with van der Waals surface area (Å²) in [4.78, 5) is 0. The van der Waals surface area contributed by atoms with E-state index in [0.717, 1.165) is 30.9 Å². The lowest BCUT2D eigenvalue weighted by atomic mass is 10.1. The number of thioether (sulfide) groups is 1. The van der Waals surface area contributed by atoms with Gasteiger partial charge in [0, 0.05) is 18.2 Å². The highest BCUT2D eigenvalue weighted by Crippen LogP contribution is 2.10. The normalized spacial score (nSPS) is 12.8. The predicted molar refractivity (Wildman–Crippen MR) is 62.8 cm³/mol. The van der Waals surface area contributed by atoms with Crippen LogP contribution in [0.15, 0.2) is 0 Å². The van der Waals surface area contributed by atoms with Crippen LogP contribution in [0.3, 0.4) is 0 Å². The van der Waals surface area contributed by atoms with Gasteiger partial charge < -0.3 is 5.73 Å². The molecule has 13 heavy (non-hydrogen) atoms. The molecule has 0 bridgehead atoms. The van der Waals surface area contributed by atoms with Gasteiger partial charge in [-0.25, -0.2) is 0 Å². The Morgan fingerprint density at radius 2 is 2.08 bits per heavy atom. The smallest absolute Gasteiger partial charge is 0.0130 e. The van der Waals surface area contributed by atoms with Crippen LogP contribution in [0.4, 0.5) is 0 Å². The first kappa shape index (κ1) is 12.9. The Morgan fingerprint density at radius 1 is 1.38 bits per heavy atom. The van der Waals surface area contributed by atoms with Crippen LogP contribution >= 0.6 is 11.8 Å². The SMILES string of the molecule is C#CCCCC(N)CSCC(C)C. The molecule has 2 heteroatoms. The standard InChI is InChI=1S/C11H21NS/c1-4-5-6-7-11(12)9-13-8-10(2)3/h1,10-11H,5-9,12H2,2-3H3. The van der Waals surface area contributed by atoms with Crippen molar-refractivity contribution in [3.63, 3.8) is 0 Å². The second kappa shape index (κ2) is 8.47. The molecule has 0 spiro atoms. The van der Waals surface area contributed by atoms with E-state index in [2.05, 4.69) is 19.8 Å². The molecule has 0 fully saturated rings. The van der Waals surface area contributed by atoms with Crippen LogP contribution in [0, 0.1) is 18.3 Å². The second-order valence-electron chi connectivity index (χ2n) is 3.79. The molecular formula is C11H21NS. The van der Waals surface area contributed by atoms with Crippen LogP contribution in [0.25, 0.3) is 0 Å². The van der Waals surface area contributed by atoms with Crippen LogP contribution in [-0.2, 0) is 0 Å². The molecule has 0 saturated heterocycles. The van der Waals surface area contributed by atoms with E-state index in [9.17, 15) is 0 Å². The maximum absolute atomic E-state index is 5.91. The Morgan fingerprint density at radius 3 is 2.62 bits per heavy atom. The Balaban J connectivity index is 3.21. The van der Waals surface area contributed by atoms with Crippen molar-refractivity contribution in [2.75, 3.05) is 11.5 Å². The number of terminal acetylenes is 1. The molecule has 76 valence electrons. The van der Waals surface area contributed by atoms with Crippen molar-refractivity contribution < 1.29 is 0 Å². The van der Waals surface area contributed by atoms with E-state index in [1.54, 1.807) is 0 Å². The maximum atomic E-state index is 5.91. The van der Waals surface area contributed by atoms with Crippen molar-refractivity contribution in [2.45, 2.75) is 39.2 Å². The minimum atomic E-state index is 0.331. The predicted octanol–water partition coefficient (Wildman–Crippen LogP) is 2.51. The molecule has 0 aromatic heterocycles. The van der Waals surface area contributed by atoms with Gasteiger partial charge in [0.15, 0.2) is 0 Å². The average molecular weight is 199 g/mol. The van der Waals surface area contributed by atoms with Crippen molar-refractivity contribution in [1.82, 2.24) is 0 Å². The zero-order valence-corrected chi connectivity index (χ0v) is 9.57. The lowest BCUT2D eigenvalue weighted by Gasteiger charge is -2.11. The minimum Gasteiger partial charge on any atom is -0.327 e. The van der Waals surface area contributed by atoms with Crippen molar-refractivity contribution >= 4 is 11.8 Å². The van der Waals surface area contributed by atoms with E-state index in [0.29, 0.717) is 6.04 Å². The first-order chi connectivity index (χ1) is 6.16. The van der Waals surface area contributed by atoms with Gasteiger partial charge in [-0.1, -0.05) is 13.8 Å². The van der Waals surface area contributed by atoms with Crippen molar-refractivity contribution in [3.8, 4) is 12.3 Å².